The van der Waals surface area contributed by atoms with E-state index in [-0.39, 0.29) is 83.2 Å². The van der Waals surface area contributed by atoms with Gasteiger partial charge in [-0.15, -0.1) is 11.3 Å². The summed E-state index contributed by atoms with van der Waals surface area (Å²) in [6.07, 6.45) is -0.786. The fraction of sp³-hybridized carbons (Fsp3) is 0.538. The van der Waals surface area contributed by atoms with Gasteiger partial charge in [-0.25, -0.2) is 4.98 Å². The number of likely N-dealkylation sites (tertiary alicyclic amines) is 1. The number of nitrogens with zero attached hydrogens (tertiary/aromatic N) is 2. The minimum absolute atomic E-state index is 0.0246. The molecule has 1 aromatic heterocycles. The van der Waals surface area contributed by atoms with E-state index in [0.29, 0.717) is 6.61 Å². The van der Waals surface area contributed by atoms with Crippen molar-refractivity contribution < 1.29 is 51.0 Å². The molecule has 0 saturated carbocycles. The number of aryl methyl sites for hydroxylation is 2. The highest BCUT2D eigenvalue weighted by atomic mass is 32.2. The first kappa shape index (κ1) is 44.9. The minimum atomic E-state index is -3.83. The van der Waals surface area contributed by atoms with Crippen molar-refractivity contribution in [3.63, 3.8) is 0 Å². The Morgan fingerprint density at radius 1 is 0.893 bits per heavy atom. The maximum absolute atomic E-state index is 13.8. The number of aliphatic hydroxyl groups excluding tert-OH is 1. The number of aliphatic hydroxyl groups is 1. The lowest BCUT2D eigenvalue weighted by Gasteiger charge is -2.35. The fourth-order valence-electron chi connectivity index (χ4n) is 5.78. The second-order valence-corrected chi connectivity index (χ2v) is 16.9. The van der Waals surface area contributed by atoms with E-state index < -0.39 is 45.5 Å². The molecule has 1 aliphatic rings. The first-order valence-electron chi connectivity index (χ1n) is 18.5. The summed E-state index contributed by atoms with van der Waals surface area (Å²) in [5.74, 6) is -1.34. The van der Waals surface area contributed by atoms with Crippen LogP contribution in [0.5, 0.6) is 0 Å². The van der Waals surface area contributed by atoms with E-state index in [4.69, 9.17) is 23.1 Å². The third-order valence-corrected chi connectivity index (χ3v) is 11.1. The van der Waals surface area contributed by atoms with E-state index in [0.717, 1.165) is 27.3 Å². The smallest absolute Gasteiger partial charge is 0.297 e. The minimum Gasteiger partial charge on any atom is -0.391 e. The molecule has 3 amide bonds. The Bertz CT molecular complexity index is 1810. The summed E-state index contributed by atoms with van der Waals surface area (Å²) < 4.78 is 51.0. The van der Waals surface area contributed by atoms with Gasteiger partial charge in [0.2, 0.25) is 17.7 Å². The molecule has 0 bridgehead atoms. The number of benzene rings is 2. The molecule has 56 heavy (non-hydrogen) atoms. The molecule has 0 radical (unpaired) electrons. The highest BCUT2D eigenvalue weighted by Crippen LogP contribution is 2.28. The number of rotatable bonds is 22. The van der Waals surface area contributed by atoms with Crippen molar-refractivity contribution in [2.24, 2.45) is 5.41 Å². The summed E-state index contributed by atoms with van der Waals surface area (Å²) in [4.78, 5) is 46.8. The number of thiazole rings is 1. The Balaban J connectivity index is 1.09. The van der Waals surface area contributed by atoms with Crippen LogP contribution in [0.2, 0.25) is 0 Å². The van der Waals surface area contributed by atoms with Gasteiger partial charge in [-0.2, -0.15) is 8.42 Å². The van der Waals surface area contributed by atoms with E-state index in [1.165, 1.54) is 17.0 Å². The zero-order valence-electron chi connectivity index (χ0n) is 32.7. The quantitative estimate of drug-likeness (QED) is 0.0994. The van der Waals surface area contributed by atoms with Crippen LogP contribution in [0.4, 0.5) is 0 Å². The highest BCUT2D eigenvalue weighted by Gasteiger charge is 2.44. The second-order valence-electron chi connectivity index (χ2n) is 14.4. The molecule has 3 N–H and O–H groups in total. The van der Waals surface area contributed by atoms with Gasteiger partial charge in [0, 0.05) is 19.5 Å². The van der Waals surface area contributed by atoms with Crippen molar-refractivity contribution in [2.75, 3.05) is 66.0 Å². The van der Waals surface area contributed by atoms with Crippen molar-refractivity contribution in [2.45, 2.75) is 70.7 Å². The monoisotopic (exact) mass is 818 g/mol. The first-order valence-corrected chi connectivity index (χ1v) is 20.8. The van der Waals surface area contributed by atoms with Gasteiger partial charge in [-0.1, -0.05) is 62.7 Å². The summed E-state index contributed by atoms with van der Waals surface area (Å²) in [5, 5.41) is 16.1. The van der Waals surface area contributed by atoms with Crippen molar-refractivity contribution in [3.8, 4) is 10.4 Å². The van der Waals surface area contributed by atoms with Crippen LogP contribution < -0.4 is 10.6 Å². The van der Waals surface area contributed by atoms with Gasteiger partial charge in [0.1, 0.15) is 18.7 Å². The van der Waals surface area contributed by atoms with E-state index in [2.05, 4.69) is 15.6 Å². The summed E-state index contributed by atoms with van der Waals surface area (Å²) in [6, 6.07) is 12.3. The van der Waals surface area contributed by atoms with E-state index >= 15 is 0 Å². The summed E-state index contributed by atoms with van der Waals surface area (Å²) in [7, 11) is -3.83. The molecule has 3 atom stereocenters. The van der Waals surface area contributed by atoms with Crippen LogP contribution in [0.15, 0.2) is 58.9 Å². The summed E-state index contributed by atoms with van der Waals surface area (Å²) >= 11 is 1.57. The van der Waals surface area contributed by atoms with Gasteiger partial charge in [0.15, 0.2) is 0 Å². The van der Waals surface area contributed by atoms with Gasteiger partial charge in [-0.3, -0.25) is 18.6 Å². The molecule has 3 aromatic rings. The van der Waals surface area contributed by atoms with Crippen LogP contribution in [-0.2, 0) is 54.2 Å². The van der Waals surface area contributed by atoms with Crippen molar-refractivity contribution in [3.05, 3.63) is 70.9 Å². The molecular formula is C39H54N4O11S2. The Kier molecular flexibility index (Phi) is 17.4. The number of hydrogen-bond donors (Lipinski definition) is 3. The van der Waals surface area contributed by atoms with Crippen LogP contribution in [0, 0.1) is 19.3 Å². The lowest BCUT2D eigenvalue weighted by Crippen LogP contribution is -2.58. The molecule has 2 heterocycles. The standard InChI is InChI=1S/C39H54N4O11S2/c1-27-6-12-32(13-7-27)56(48,49)54-21-20-52-17-16-50-14-15-51-18-19-53-25-34(45)42-36(39(3,4)5)38(47)43-24-31(44)22-33(43)37(46)40-23-29-8-10-30(11-9-29)35-28(2)41-26-55-35/h6-13,26,31,33,36,44H,14-25H2,1-5H3,(H,40,46)(H,42,45)/t31-,33+,36-/m1/s1. The number of aromatic nitrogens is 1. The van der Waals surface area contributed by atoms with Crippen LogP contribution >= 0.6 is 11.3 Å². The van der Waals surface area contributed by atoms with Gasteiger partial charge < -0.3 is 39.6 Å². The predicted octanol–water partition coefficient (Wildman–Crippen LogP) is 3.01. The van der Waals surface area contributed by atoms with Crippen LogP contribution in [0.25, 0.3) is 10.4 Å². The number of carbonyl (C=O) groups is 3. The van der Waals surface area contributed by atoms with E-state index in [9.17, 15) is 27.9 Å². The Morgan fingerprint density at radius 2 is 1.48 bits per heavy atom. The van der Waals surface area contributed by atoms with Crippen molar-refractivity contribution in [1.29, 1.82) is 0 Å². The molecule has 0 spiro atoms. The molecule has 0 unspecified atom stereocenters. The molecule has 1 saturated heterocycles. The normalized spacial score (nSPS) is 16.5. The summed E-state index contributed by atoms with van der Waals surface area (Å²) in [5.41, 5.74) is 4.94. The number of nitrogens with one attached hydrogen (secondary N) is 2. The fourth-order valence-corrected chi connectivity index (χ4v) is 7.49. The lowest BCUT2D eigenvalue weighted by atomic mass is 9.85. The van der Waals surface area contributed by atoms with Crippen molar-refractivity contribution in [1.82, 2.24) is 20.5 Å². The molecule has 2 aromatic carbocycles. The number of carbonyl (C=O) groups excluding carboxylic acids is 3. The predicted molar refractivity (Wildman–Crippen MR) is 209 cm³/mol. The largest absolute Gasteiger partial charge is 0.391 e. The highest BCUT2D eigenvalue weighted by molar-refractivity contribution is 7.86. The van der Waals surface area contributed by atoms with Gasteiger partial charge in [0.25, 0.3) is 10.1 Å². The van der Waals surface area contributed by atoms with Gasteiger partial charge >= 0.3 is 0 Å². The molecule has 1 aliphatic heterocycles. The number of ether oxygens (including phenoxy) is 4. The van der Waals surface area contributed by atoms with E-state index in [1.54, 1.807) is 29.0 Å². The SMILES string of the molecule is Cc1ccc(S(=O)(=O)OCCOCCOCCOCCOCC(=O)N[C@H](C(=O)N2C[C@H](O)C[C@H]2C(=O)NCc2ccc(-c3scnc3C)cc2)C(C)(C)C)cc1. The Morgan fingerprint density at radius 3 is 2.05 bits per heavy atom. The summed E-state index contributed by atoms with van der Waals surface area (Å²) in [6.45, 7) is 10.6. The maximum atomic E-state index is 13.8. The number of hydrogen-bond acceptors (Lipinski definition) is 13. The lowest BCUT2D eigenvalue weighted by molar-refractivity contribution is -0.144. The third-order valence-electron chi connectivity index (χ3n) is 8.84. The van der Waals surface area contributed by atoms with E-state index in [1.807, 2.05) is 58.9 Å². The average molecular weight is 819 g/mol. The molecule has 15 nitrogen and oxygen atoms in total. The Hall–Kier alpha value is -3.81. The van der Waals surface area contributed by atoms with Crippen LogP contribution in [0.3, 0.4) is 0 Å². The Labute approximate surface area is 333 Å². The molecule has 1 fully saturated rings. The number of amides is 3. The topological polar surface area (TPSA) is 192 Å². The molecule has 0 aliphatic carbocycles. The van der Waals surface area contributed by atoms with Gasteiger partial charge in [0.05, 0.1) is 79.9 Å². The maximum Gasteiger partial charge on any atom is 0.297 e. The second kappa shape index (κ2) is 21.6. The third kappa shape index (κ3) is 14.0. The first-order chi connectivity index (χ1) is 26.7. The number of β-amino-alcohol motifs (C(OH)–C–C–N with tert-alkyl or cyclic N) is 1. The molecule has 308 valence electrons. The molecular weight excluding hydrogens is 765 g/mol. The van der Waals surface area contributed by atoms with Crippen LogP contribution in [0.1, 0.15) is 44.0 Å². The van der Waals surface area contributed by atoms with Gasteiger partial charge in [-0.05, 0) is 42.5 Å². The molecule has 4 rings (SSSR count). The average Bonchev–Trinajstić information content (AvgIpc) is 3.77. The molecule has 17 heteroatoms. The zero-order chi connectivity index (χ0) is 40.7. The van der Waals surface area contributed by atoms with Crippen molar-refractivity contribution >= 4 is 39.2 Å². The van der Waals surface area contributed by atoms with Crippen LogP contribution in [-0.4, -0.2) is 125 Å². The zero-order valence-corrected chi connectivity index (χ0v) is 34.3.